The summed E-state index contributed by atoms with van der Waals surface area (Å²) in [5, 5.41) is 9.13. The second kappa shape index (κ2) is 5.60. The maximum atomic E-state index is 13.0. The lowest BCUT2D eigenvalue weighted by Gasteiger charge is -2.10. The van der Waals surface area contributed by atoms with Crippen molar-refractivity contribution in [3.63, 3.8) is 0 Å². The van der Waals surface area contributed by atoms with E-state index in [1.54, 1.807) is 6.20 Å². The lowest BCUT2D eigenvalue weighted by Crippen LogP contribution is -2.02. The third kappa shape index (κ3) is 2.84. The first-order valence-corrected chi connectivity index (χ1v) is 5.63. The third-order valence-electron chi connectivity index (χ3n) is 2.68. The Kier molecular flexibility index (Phi) is 3.89. The van der Waals surface area contributed by atoms with Gasteiger partial charge in [0.05, 0.1) is 12.3 Å². The Hall–Kier alpha value is -1.94. The molecule has 1 aromatic carbocycles. The summed E-state index contributed by atoms with van der Waals surface area (Å²) in [5.41, 5.74) is 2.29. The van der Waals surface area contributed by atoms with Crippen LogP contribution in [0.25, 0.3) is 0 Å². The van der Waals surface area contributed by atoms with Gasteiger partial charge < -0.3 is 9.84 Å². The summed E-state index contributed by atoms with van der Waals surface area (Å²) in [7, 11) is 0. The number of nitrogens with zero attached hydrogens (tertiary/aromatic N) is 1. The van der Waals surface area contributed by atoms with E-state index in [0.717, 1.165) is 11.3 Å². The SMILES string of the molecule is Cc1cccnc1COc1ccc(F)cc1CO. The van der Waals surface area contributed by atoms with Crippen LogP contribution in [-0.2, 0) is 13.2 Å². The molecule has 0 fully saturated rings. The predicted octanol–water partition coefficient (Wildman–Crippen LogP) is 2.60. The van der Waals surface area contributed by atoms with E-state index in [1.165, 1.54) is 18.2 Å². The first-order chi connectivity index (χ1) is 8.70. The van der Waals surface area contributed by atoms with E-state index in [9.17, 15) is 4.39 Å². The smallest absolute Gasteiger partial charge is 0.130 e. The van der Waals surface area contributed by atoms with E-state index in [4.69, 9.17) is 9.84 Å². The largest absolute Gasteiger partial charge is 0.487 e. The minimum absolute atomic E-state index is 0.256. The molecular formula is C14H14FNO2. The van der Waals surface area contributed by atoms with Crippen LogP contribution >= 0.6 is 0 Å². The highest BCUT2D eigenvalue weighted by atomic mass is 19.1. The van der Waals surface area contributed by atoms with Gasteiger partial charge in [0.15, 0.2) is 0 Å². The van der Waals surface area contributed by atoms with Crippen molar-refractivity contribution < 1.29 is 14.2 Å². The lowest BCUT2D eigenvalue weighted by atomic mass is 10.2. The standard InChI is InChI=1S/C14H14FNO2/c1-10-3-2-6-16-13(10)9-18-14-5-4-12(15)7-11(14)8-17/h2-7,17H,8-9H2,1H3. The number of ether oxygens (including phenoxy) is 1. The number of aliphatic hydroxyl groups excluding tert-OH is 1. The van der Waals surface area contributed by atoms with Crippen molar-refractivity contribution in [3.05, 3.63) is 59.2 Å². The van der Waals surface area contributed by atoms with Crippen molar-refractivity contribution in [2.45, 2.75) is 20.1 Å². The van der Waals surface area contributed by atoms with Gasteiger partial charge in [-0.3, -0.25) is 4.98 Å². The van der Waals surface area contributed by atoms with Gasteiger partial charge in [0.1, 0.15) is 18.2 Å². The zero-order chi connectivity index (χ0) is 13.0. The molecule has 0 unspecified atom stereocenters. The van der Waals surface area contributed by atoms with Crippen LogP contribution in [0, 0.1) is 12.7 Å². The monoisotopic (exact) mass is 247 g/mol. The van der Waals surface area contributed by atoms with Gasteiger partial charge in [-0.15, -0.1) is 0 Å². The molecule has 3 nitrogen and oxygen atoms in total. The Morgan fingerprint density at radius 1 is 1.33 bits per heavy atom. The molecule has 0 bridgehead atoms. The van der Waals surface area contributed by atoms with Gasteiger partial charge in [-0.1, -0.05) is 6.07 Å². The highest BCUT2D eigenvalue weighted by Crippen LogP contribution is 2.21. The molecule has 0 aliphatic heterocycles. The van der Waals surface area contributed by atoms with E-state index in [0.29, 0.717) is 17.9 Å². The average Bonchev–Trinajstić information content (AvgIpc) is 2.39. The summed E-state index contributed by atoms with van der Waals surface area (Å²) in [4.78, 5) is 4.20. The average molecular weight is 247 g/mol. The van der Waals surface area contributed by atoms with Gasteiger partial charge in [0, 0.05) is 11.8 Å². The summed E-state index contributed by atoms with van der Waals surface area (Å²) in [5.74, 6) is 0.0874. The minimum Gasteiger partial charge on any atom is -0.487 e. The number of pyridine rings is 1. The number of hydrogen-bond acceptors (Lipinski definition) is 3. The van der Waals surface area contributed by atoms with Crippen LogP contribution in [0.2, 0.25) is 0 Å². The van der Waals surface area contributed by atoms with E-state index >= 15 is 0 Å². The molecule has 94 valence electrons. The molecule has 4 heteroatoms. The molecular weight excluding hydrogens is 233 g/mol. The van der Waals surface area contributed by atoms with Gasteiger partial charge in [-0.2, -0.15) is 0 Å². The van der Waals surface area contributed by atoms with Crippen molar-refractivity contribution in [2.24, 2.45) is 0 Å². The summed E-state index contributed by atoms with van der Waals surface area (Å²) < 4.78 is 18.5. The molecule has 2 rings (SSSR count). The van der Waals surface area contributed by atoms with Crippen LogP contribution in [-0.4, -0.2) is 10.1 Å². The number of hydrogen-bond donors (Lipinski definition) is 1. The lowest BCUT2D eigenvalue weighted by molar-refractivity contribution is 0.256. The van der Waals surface area contributed by atoms with Crippen molar-refractivity contribution in [2.75, 3.05) is 0 Å². The molecule has 1 aromatic heterocycles. The Morgan fingerprint density at radius 3 is 2.89 bits per heavy atom. The Balaban J connectivity index is 2.13. The number of aryl methyl sites for hydroxylation is 1. The molecule has 0 aliphatic rings. The van der Waals surface area contributed by atoms with Gasteiger partial charge in [-0.25, -0.2) is 4.39 Å². The molecule has 0 saturated heterocycles. The van der Waals surface area contributed by atoms with Crippen molar-refractivity contribution in [1.82, 2.24) is 4.98 Å². The zero-order valence-electron chi connectivity index (χ0n) is 10.1. The summed E-state index contributed by atoms with van der Waals surface area (Å²) >= 11 is 0. The van der Waals surface area contributed by atoms with Gasteiger partial charge in [0.25, 0.3) is 0 Å². The molecule has 1 heterocycles. The highest BCUT2D eigenvalue weighted by molar-refractivity contribution is 5.33. The van der Waals surface area contributed by atoms with Crippen LogP contribution in [0.1, 0.15) is 16.8 Å². The van der Waals surface area contributed by atoms with Crippen LogP contribution in [0.5, 0.6) is 5.75 Å². The summed E-state index contributed by atoms with van der Waals surface area (Å²) in [6, 6.07) is 7.89. The fourth-order valence-electron chi connectivity index (χ4n) is 1.63. The third-order valence-corrected chi connectivity index (χ3v) is 2.68. The van der Waals surface area contributed by atoms with Crippen molar-refractivity contribution in [3.8, 4) is 5.75 Å². The fourth-order valence-corrected chi connectivity index (χ4v) is 1.63. The first-order valence-electron chi connectivity index (χ1n) is 5.63. The van der Waals surface area contributed by atoms with E-state index < -0.39 is 0 Å². The van der Waals surface area contributed by atoms with E-state index in [1.807, 2.05) is 19.1 Å². The number of halogens is 1. The minimum atomic E-state index is -0.389. The van der Waals surface area contributed by atoms with Gasteiger partial charge in [-0.05, 0) is 36.8 Å². The van der Waals surface area contributed by atoms with Crippen LogP contribution in [0.4, 0.5) is 4.39 Å². The highest BCUT2D eigenvalue weighted by Gasteiger charge is 2.06. The topological polar surface area (TPSA) is 42.4 Å². The van der Waals surface area contributed by atoms with E-state index in [2.05, 4.69) is 4.98 Å². The molecule has 0 radical (unpaired) electrons. The molecule has 1 N–H and O–H groups in total. The number of rotatable bonds is 4. The number of benzene rings is 1. The first kappa shape index (κ1) is 12.5. The Morgan fingerprint density at radius 2 is 2.17 bits per heavy atom. The van der Waals surface area contributed by atoms with Gasteiger partial charge in [0.2, 0.25) is 0 Å². The second-order valence-electron chi connectivity index (χ2n) is 3.97. The Bertz CT molecular complexity index is 543. The maximum Gasteiger partial charge on any atom is 0.130 e. The normalized spacial score (nSPS) is 10.4. The van der Waals surface area contributed by atoms with Crippen molar-refractivity contribution >= 4 is 0 Å². The molecule has 0 saturated carbocycles. The van der Waals surface area contributed by atoms with Gasteiger partial charge >= 0.3 is 0 Å². The van der Waals surface area contributed by atoms with Crippen LogP contribution in [0.15, 0.2) is 36.5 Å². The second-order valence-corrected chi connectivity index (χ2v) is 3.97. The molecule has 0 aliphatic carbocycles. The van der Waals surface area contributed by atoms with Crippen LogP contribution < -0.4 is 4.74 Å². The Labute approximate surface area is 105 Å². The van der Waals surface area contributed by atoms with E-state index in [-0.39, 0.29) is 12.4 Å². The summed E-state index contributed by atoms with van der Waals surface area (Å²) in [6.45, 7) is 1.99. The number of aromatic nitrogens is 1. The molecule has 0 amide bonds. The quantitative estimate of drug-likeness (QED) is 0.903. The molecule has 0 spiro atoms. The molecule has 0 atom stereocenters. The van der Waals surface area contributed by atoms with Crippen molar-refractivity contribution in [1.29, 1.82) is 0 Å². The van der Waals surface area contributed by atoms with Crippen LogP contribution in [0.3, 0.4) is 0 Å². The predicted molar refractivity (Wildman–Crippen MR) is 65.6 cm³/mol. The maximum absolute atomic E-state index is 13.0. The molecule has 2 aromatic rings. The fraction of sp³-hybridized carbons (Fsp3) is 0.214. The zero-order valence-corrected chi connectivity index (χ0v) is 10.1. The molecule has 18 heavy (non-hydrogen) atoms. The summed E-state index contributed by atoms with van der Waals surface area (Å²) in [6.07, 6.45) is 1.70. The number of aliphatic hydroxyl groups is 1.